The van der Waals surface area contributed by atoms with Crippen LogP contribution in [-0.2, 0) is 22.4 Å². The van der Waals surface area contributed by atoms with Crippen LogP contribution in [0.4, 0.5) is 0 Å². The van der Waals surface area contributed by atoms with E-state index in [2.05, 4.69) is 5.32 Å². The second-order valence-corrected chi connectivity index (χ2v) is 8.52. The predicted molar refractivity (Wildman–Crippen MR) is 121 cm³/mol. The number of carbonyl (C=O) groups excluding carboxylic acids is 2. The number of nitrogens with zero attached hydrogens (tertiary/aromatic N) is 1. The molecule has 30 heavy (non-hydrogen) atoms. The smallest absolute Gasteiger partial charge is 0.242 e. The lowest BCUT2D eigenvalue weighted by Gasteiger charge is -2.31. The summed E-state index contributed by atoms with van der Waals surface area (Å²) in [6.07, 6.45) is 6.49. The van der Waals surface area contributed by atoms with Crippen molar-refractivity contribution >= 4 is 23.4 Å². The predicted octanol–water partition coefficient (Wildman–Crippen LogP) is 4.79. The van der Waals surface area contributed by atoms with Crippen molar-refractivity contribution in [3.63, 3.8) is 0 Å². The van der Waals surface area contributed by atoms with Crippen LogP contribution >= 0.6 is 11.6 Å². The molecule has 0 spiro atoms. The van der Waals surface area contributed by atoms with E-state index >= 15 is 0 Å². The third kappa shape index (κ3) is 6.33. The average Bonchev–Trinajstić information content (AvgIpc) is 2.77. The molecule has 0 saturated heterocycles. The lowest BCUT2D eigenvalue weighted by atomic mass is 9.95. The monoisotopic (exact) mass is 426 g/mol. The molecule has 1 saturated carbocycles. The second kappa shape index (κ2) is 11.2. The van der Waals surface area contributed by atoms with Crippen molar-refractivity contribution in [1.82, 2.24) is 10.2 Å². The molecule has 2 aromatic carbocycles. The summed E-state index contributed by atoms with van der Waals surface area (Å²) in [6, 6.07) is 17.1. The molecule has 1 aliphatic carbocycles. The number of nitrogens with one attached hydrogen (secondary N) is 1. The van der Waals surface area contributed by atoms with Gasteiger partial charge in [0.1, 0.15) is 6.04 Å². The molecular weight excluding hydrogens is 396 g/mol. The first-order valence-electron chi connectivity index (χ1n) is 10.9. The van der Waals surface area contributed by atoms with Gasteiger partial charge in [0.25, 0.3) is 0 Å². The fraction of sp³-hybridized carbons (Fsp3) is 0.440. The number of hydrogen-bond donors (Lipinski definition) is 1. The van der Waals surface area contributed by atoms with E-state index in [0.717, 1.165) is 36.8 Å². The molecule has 5 heteroatoms. The molecule has 0 radical (unpaired) electrons. The van der Waals surface area contributed by atoms with Gasteiger partial charge < -0.3 is 10.2 Å². The van der Waals surface area contributed by atoms with Crippen molar-refractivity contribution in [2.75, 3.05) is 6.54 Å². The molecule has 0 bridgehead atoms. The lowest BCUT2D eigenvalue weighted by molar-refractivity contribution is -0.139. The highest BCUT2D eigenvalue weighted by Gasteiger charge is 2.28. The van der Waals surface area contributed by atoms with Gasteiger partial charge in [-0.2, -0.15) is 0 Å². The number of benzene rings is 2. The van der Waals surface area contributed by atoms with Crippen molar-refractivity contribution in [2.24, 2.45) is 0 Å². The van der Waals surface area contributed by atoms with Gasteiger partial charge in [-0.05, 0) is 43.4 Å². The normalized spacial score (nSPS) is 15.4. The van der Waals surface area contributed by atoms with Crippen LogP contribution in [0.15, 0.2) is 54.6 Å². The summed E-state index contributed by atoms with van der Waals surface area (Å²) < 4.78 is 0. The lowest BCUT2D eigenvalue weighted by Crippen LogP contribution is -2.51. The van der Waals surface area contributed by atoms with Crippen molar-refractivity contribution in [3.05, 3.63) is 70.7 Å². The van der Waals surface area contributed by atoms with Crippen molar-refractivity contribution in [2.45, 2.75) is 64.0 Å². The molecule has 0 heterocycles. The van der Waals surface area contributed by atoms with E-state index in [0.29, 0.717) is 18.0 Å². The van der Waals surface area contributed by atoms with Crippen LogP contribution in [0, 0.1) is 0 Å². The summed E-state index contributed by atoms with van der Waals surface area (Å²) in [5, 5.41) is 3.75. The molecule has 3 rings (SSSR count). The van der Waals surface area contributed by atoms with Gasteiger partial charge in [-0.1, -0.05) is 79.4 Å². The van der Waals surface area contributed by atoms with E-state index in [1.807, 2.05) is 55.5 Å². The summed E-state index contributed by atoms with van der Waals surface area (Å²) in [5.74, 6) is -0.146. The largest absolute Gasteiger partial charge is 0.352 e. The first kappa shape index (κ1) is 22.4. The van der Waals surface area contributed by atoms with E-state index in [1.165, 1.54) is 6.42 Å². The molecule has 1 atom stereocenters. The van der Waals surface area contributed by atoms with Gasteiger partial charge in [0, 0.05) is 17.6 Å². The van der Waals surface area contributed by atoms with Crippen LogP contribution < -0.4 is 5.32 Å². The van der Waals surface area contributed by atoms with Gasteiger partial charge >= 0.3 is 0 Å². The highest BCUT2D eigenvalue weighted by Crippen LogP contribution is 2.19. The molecule has 2 aromatic rings. The van der Waals surface area contributed by atoms with Gasteiger partial charge in [-0.3, -0.25) is 9.59 Å². The zero-order chi connectivity index (χ0) is 21.3. The summed E-state index contributed by atoms with van der Waals surface area (Å²) in [4.78, 5) is 27.9. The Balaban J connectivity index is 1.70. The maximum Gasteiger partial charge on any atom is 0.242 e. The molecule has 1 N–H and O–H groups in total. The van der Waals surface area contributed by atoms with E-state index in [1.54, 1.807) is 11.0 Å². The van der Waals surface area contributed by atoms with E-state index < -0.39 is 6.04 Å². The molecule has 0 aromatic heterocycles. The maximum absolute atomic E-state index is 13.2. The fourth-order valence-electron chi connectivity index (χ4n) is 4.05. The Labute approximate surface area is 184 Å². The number of rotatable bonds is 8. The first-order valence-corrected chi connectivity index (χ1v) is 11.3. The Kier molecular flexibility index (Phi) is 8.32. The minimum Gasteiger partial charge on any atom is -0.352 e. The Morgan fingerprint density at radius 2 is 1.70 bits per heavy atom. The second-order valence-electron chi connectivity index (χ2n) is 8.11. The van der Waals surface area contributed by atoms with E-state index in [9.17, 15) is 9.59 Å². The number of hydrogen-bond acceptors (Lipinski definition) is 2. The Morgan fingerprint density at radius 3 is 2.40 bits per heavy atom. The number of amides is 2. The molecule has 160 valence electrons. The fourth-order valence-corrected chi connectivity index (χ4v) is 4.25. The van der Waals surface area contributed by atoms with Gasteiger partial charge in [-0.25, -0.2) is 0 Å². The zero-order valence-electron chi connectivity index (χ0n) is 17.6. The zero-order valence-corrected chi connectivity index (χ0v) is 18.4. The minimum atomic E-state index is -0.523. The molecule has 2 amide bonds. The quantitative estimate of drug-likeness (QED) is 0.659. The standard InChI is InChI=1S/C25H31ClN2O2/c1-19(25(30)27-22-13-6-3-7-14-22)28(17-16-20-10-4-2-5-11-20)24(29)18-21-12-8-9-15-23(21)26/h2,4-5,8-12,15,19,22H,3,6-7,13-14,16-18H2,1H3,(H,27,30)/t19-/m0/s1. The summed E-state index contributed by atoms with van der Waals surface area (Å²) in [5.41, 5.74) is 1.93. The molecule has 0 aliphatic heterocycles. The number of carbonyl (C=O) groups is 2. The summed E-state index contributed by atoms with van der Waals surface area (Å²) >= 11 is 6.27. The van der Waals surface area contributed by atoms with Gasteiger partial charge in [0.2, 0.25) is 11.8 Å². The van der Waals surface area contributed by atoms with Crippen molar-refractivity contribution in [1.29, 1.82) is 0 Å². The van der Waals surface area contributed by atoms with Gasteiger partial charge in [-0.15, -0.1) is 0 Å². The van der Waals surface area contributed by atoms with Crippen LogP contribution in [0.25, 0.3) is 0 Å². The van der Waals surface area contributed by atoms with Crippen molar-refractivity contribution in [3.8, 4) is 0 Å². The summed E-state index contributed by atoms with van der Waals surface area (Å²) in [6.45, 7) is 2.32. The Bertz CT molecular complexity index is 834. The SMILES string of the molecule is C[C@@H](C(=O)NC1CCCCC1)N(CCc1ccccc1)C(=O)Cc1ccccc1Cl. The van der Waals surface area contributed by atoms with Gasteiger partial charge in [0.05, 0.1) is 6.42 Å². The average molecular weight is 427 g/mol. The molecule has 1 fully saturated rings. The third-order valence-corrected chi connectivity index (χ3v) is 6.27. The third-order valence-electron chi connectivity index (χ3n) is 5.90. The summed E-state index contributed by atoms with van der Waals surface area (Å²) in [7, 11) is 0. The van der Waals surface area contributed by atoms with E-state index in [-0.39, 0.29) is 24.3 Å². The first-order chi connectivity index (χ1) is 14.5. The Hall–Kier alpha value is -2.33. The minimum absolute atomic E-state index is 0.0672. The number of halogens is 1. The van der Waals surface area contributed by atoms with Crippen LogP contribution in [0.3, 0.4) is 0 Å². The Morgan fingerprint density at radius 1 is 1.03 bits per heavy atom. The molecule has 1 aliphatic rings. The molecule has 0 unspecified atom stereocenters. The topological polar surface area (TPSA) is 49.4 Å². The van der Waals surface area contributed by atoms with Crippen LogP contribution in [0.1, 0.15) is 50.2 Å². The highest BCUT2D eigenvalue weighted by atomic mass is 35.5. The van der Waals surface area contributed by atoms with Crippen LogP contribution in [0.5, 0.6) is 0 Å². The highest BCUT2D eigenvalue weighted by molar-refractivity contribution is 6.31. The van der Waals surface area contributed by atoms with Crippen molar-refractivity contribution < 1.29 is 9.59 Å². The van der Waals surface area contributed by atoms with Crippen LogP contribution in [0.2, 0.25) is 5.02 Å². The van der Waals surface area contributed by atoms with E-state index in [4.69, 9.17) is 11.6 Å². The maximum atomic E-state index is 13.2. The molecule has 4 nitrogen and oxygen atoms in total. The van der Waals surface area contributed by atoms with Crippen LogP contribution in [-0.4, -0.2) is 35.3 Å². The van der Waals surface area contributed by atoms with Gasteiger partial charge in [0.15, 0.2) is 0 Å². The molecular formula is C25H31ClN2O2.